The minimum Gasteiger partial charge on any atom is -0.398 e. The van der Waals surface area contributed by atoms with Gasteiger partial charge < -0.3 is 10.6 Å². The molecular weight excluding hydrogens is 282 g/mol. The third kappa shape index (κ3) is 2.34. The van der Waals surface area contributed by atoms with E-state index >= 15 is 0 Å². The number of imide groups is 1. The van der Waals surface area contributed by atoms with Crippen LogP contribution in [0.15, 0.2) is 18.2 Å². The molecule has 1 aliphatic heterocycles. The van der Waals surface area contributed by atoms with Gasteiger partial charge in [0.25, 0.3) is 11.8 Å². The molecular formula is C13H14ClN3O3. The molecule has 0 atom stereocenters. The van der Waals surface area contributed by atoms with E-state index in [1.807, 2.05) is 0 Å². The zero-order chi connectivity index (χ0) is 15.1. The Balaban J connectivity index is 2.40. The molecule has 0 spiro atoms. The molecule has 1 aliphatic rings. The summed E-state index contributed by atoms with van der Waals surface area (Å²) in [6.45, 7) is 2.94. The number of hydrogen-bond donors (Lipinski definition) is 2. The van der Waals surface area contributed by atoms with E-state index in [1.165, 1.54) is 23.1 Å². The van der Waals surface area contributed by atoms with Crippen LogP contribution in [0.4, 0.5) is 5.69 Å². The number of rotatable bonds is 1. The third-order valence-electron chi connectivity index (χ3n) is 3.27. The van der Waals surface area contributed by atoms with Gasteiger partial charge in [0.05, 0.1) is 5.56 Å². The van der Waals surface area contributed by atoms with Crippen LogP contribution in [-0.4, -0.2) is 34.7 Å². The van der Waals surface area contributed by atoms with Crippen molar-refractivity contribution in [3.8, 4) is 0 Å². The van der Waals surface area contributed by atoms with Gasteiger partial charge in [-0.2, -0.15) is 0 Å². The number of amides is 3. The number of carbonyl (C=O) groups excluding carboxylic acids is 3. The summed E-state index contributed by atoms with van der Waals surface area (Å²) in [5.74, 6) is -1.52. The van der Waals surface area contributed by atoms with Gasteiger partial charge in [-0.25, -0.2) is 0 Å². The maximum Gasteiger partial charge on any atom is 0.257 e. The minimum absolute atomic E-state index is 0.195. The second kappa shape index (κ2) is 4.79. The zero-order valence-electron chi connectivity index (χ0n) is 11.1. The first-order valence-corrected chi connectivity index (χ1v) is 6.32. The van der Waals surface area contributed by atoms with Crippen LogP contribution in [0.1, 0.15) is 24.2 Å². The lowest BCUT2D eigenvalue weighted by Gasteiger charge is -2.40. The predicted molar refractivity (Wildman–Crippen MR) is 74.1 cm³/mol. The summed E-state index contributed by atoms with van der Waals surface area (Å²) in [7, 11) is 0. The molecule has 0 bridgehead atoms. The lowest BCUT2D eigenvalue weighted by Crippen LogP contribution is -2.65. The Bertz CT molecular complexity index is 613. The van der Waals surface area contributed by atoms with Gasteiger partial charge in [-0.3, -0.25) is 19.7 Å². The SMILES string of the molecule is CC1(C)C(=O)NC(=O)CN1C(=O)c1ccc(Cl)cc1N. The van der Waals surface area contributed by atoms with E-state index < -0.39 is 23.3 Å². The largest absolute Gasteiger partial charge is 0.398 e. The molecule has 106 valence electrons. The van der Waals surface area contributed by atoms with Gasteiger partial charge in [-0.05, 0) is 32.0 Å². The predicted octanol–water partition coefficient (Wildman–Crippen LogP) is 0.799. The summed E-state index contributed by atoms with van der Waals surface area (Å²) in [6, 6.07) is 4.46. The maximum absolute atomic E-state index is 12.5. The zero-order valence-corrected chi connectivity index (χ0v) is 11.8. The third-order valence-corrected chi connectivity index (χ3v) is 3.51. The summed E-state index contributed by atoms with van der Waals surface area (Å²) in [4.78, 5) is 37.0. The number of halogens is 1. The first kappa shape index (κ1) is 14.3. The monoisotopic (exact) mass is 295 g/mol. The molecule has 20 heavy (non-hydrogen) atoms. The molecule has 6 nitrogen and oxygen atoms in total. The molecule has 0 aromatic heterocycles. The molecule has 1 saturated heterocycles. The van der Waals surface area contributed by atoms with Gasteiger partial charge in [0.1, 0.15) is 12.1 Å². The molecule has 0 saturated carbocycles. The van der Waals surface area contributed by atoms with Crippen molar-refractivity contribution >= 4 is 35.0 Å². The van der Waals surface area contributed by atoms with E-state index in [1.54, 1.807) is 13.8 Å². The Morgan fingerprint density at radius 2 is 2.05 bits per heavy atom. The van der Waals surface area contributed by atoms with Crippen LogP contribution in [0.5, 0.6) is 0 Å². The molecule has 7 heteroatoms. The lowest BCUT2D eigenvalue weighted by atomic mass is 9.97. The fourth-order valence-electron chi connectivity index (χ4n) is 1.98. The van der Waals surface area contributed by atoms with Crippen LogP contribution in [0, 0.1) is 0 Å². The van der Waals surface area contributed by atoms with E-state index in [9.17, 15) is 14.4 Å². The normalized spacial score (nSPS) is 17.9. The molecule has 1 aromatic rings. The Kier molecular flexibility index (Phi) is 3.43. The smallest absolute Gasteiger partial charge is 0.257 e. The highest BCUT2D eigenvalue weighted by molar-refractivity contribution is 6.31. The van der Waals surface area contributed by atoms with Crippen molar-refractivity contribution < 1.29 is 14.4 Å². The molecule has 0 aliphatic carbocycles. The van der Waals surface area contributed by atoms with Crippen LogP contribution in [0.25, 0.3) is 0 Å². The Hall–Kier alpha value is -2.08. The number of benzene rings is 1. The number of nitrogens with zero attached hydrogens (tertiary/aromatic N) is 1. The highest BCUT2D eigenvalue weighted by atomic mass is 35.5. The van der Waals surface area contributed by atoms with Gasteiger partial charge in [-0.15, -0.1) is 0 Å². The molecule has 0 unspecified atom stereocenters. The number of carbonyl (C=O) groups is 3. The number of hydrogen-bond acceptors (Lipinski definition) is 4. The fraction of sp³-hybridized carbons (Fsp3) is 0.308. The number of nitrogens with two attached hydrogens (primary N) is 1. The van der Waals surface area contributed by atoms with Crippen LogP contribution in [-0.2, 0) is 9.59 Å². The Morgan fingerprint density at radius 3 is 2.65 bits per heavy atom. The van der Waals surface area contributed by atoms with E-state index in [0.29, 0.717) is 5.02 Å². The van der Waals surface area contributed by atoms with Crippen LogP contribution in [0.3, 0.4) is 0 Å². The topological polar surface area (TPSA) is 92.5 Å². The van der Waals surface area contributed by atoms with E-state index in [4.69, 9.17) is 17.3 Å². The molecule has 3 N–H and O–H groups in total. The number of nitrogens with one attached hydrogen (secondary N) is 1. The number of anilines is 1. The Morgan fingerprint density at radius 1 is 1.40 bits per heavy atom. The summed E-state index contributed by atoms with van der Waals surface area (Å²) < 4.78 is 0. The second-order valence-electron chi connectivity index (χ2n) is 5.06. The Labute approximate surface area is 120 Å². The summed E-state index contributed by atoms with van der Waals surface area (Å²) >= 11 is 5.79. The van der Waals surface area contributed by atoms with Gasteiger partial charge in [0.15, 0.2) is 0 Å². The number of nitrogen functional groups attached to an aromatic ring is 1. The van der Waals surface area contributed by atoms with Crippen molar-refractivity contribution in [2.45, 2.75) is 19.4 Å². The van der Waals surface area contributed by atoms with Gasteiger partial charge in [0.2, 0.25) is 5.91 Å². The number of piperazine rings is 1. The lowest BCUT2D eigenvalue weighted by molar-refractivity contribution is -0.143. The van der Waals surface area contributed by atoms with Crippen molar-refractivity contribution in [2.24, 2.45) is 0 Å². The quantitative estimate of drug-likeness (QED) is 0.592. The molecule has 2 rings (SSSR count). The average molecular weight is 296 g/mol. The van der Waals surface area contributed by atoms with Crippen molar-refractivity contribution in [1.29, 1.82) is 0 Å². The molecule has 1 fully saturated rings. The first-order chi connectivity index (χ1) is 9.23. The van der Waals surface area contributed by atoms with Crippen LogP contribution in [0.2, 0.25) is 5.02 Å². The van der Waals surface area contributed by atoms with Crippen molar-refractivity contribution in [3.05, 3.63) is 28.8 Å². The van der Waals surface area contributed by atoms with E-state index in [0.717, 1.165) is 0 Å². The second-order valence-corrected chi connectivity index (χ2v) is 5.50. The standard InChI is InChI=1S/C13H14ClN3O3/c1-13(2)12(20)16-10(18)6-17(13)11(19)8-4-3-7(14)5-9(8)15/h3-5H,6,15H2,1-2H3,(H,16,18,20). The highest BCUT2D eigenvalue weighted by Gasteiger charge is 2.44. The maximum atomic E-state index is 12.5. The molecule has 1 aromatic carbocycles. The van der Waals surface area contributed by atoms with Crippen LogP contribution < -0.4 is 11.1 Å². The average Bonchev–Trinajstić information content (AvgIpc) is 2.33. The van der Waals surface area contributed by atoms with E-state index in [2.05, 4.69) is 5.32 Å². The highest BCUT2D eigenvalue weighted by Crippen LogP contribution is 2.25. The first-order valence-electron chi connectivity index (χ1n) is 5.95. The summed E-state index contributed by atoms with van der Waals surface area (Å²) in [5, 5.41) is 2.61. The van der Waals surface area contributed by atoms with Crippen molar-refractivity contribution in [2.75, 3.05) is 12.3 Å². The van der Waals surface area contributed by atoms with Gasteiger partial charge in [0, 0.05) is 10.7 Å². The molecule has 1 heterocycles. The van der Waals surface area contributed by atoms with E-state index in [-0.39, 0.29) is 17.8 Å². The molecule has 0 radical (unpaired) electrons. The summed E-state index contributed by atoms with van der Waals surface area (Å²) in [6.07, 6.45) is 0. The summed E-state index contributed by atoms with van der Waals surface area (Å²) in [5.41, 5.74) is 5.06. The molecule has 3 amide bonds. The fourth-order valence-corrected chi connectivity index (χ4v) is 2.16. The van der Waals surface area contributed by atoms with Gasteiger partial charge >= 0.3 is 0 Å². The van der Waals surface area contributed by atoms with Crippen molar-refractivity contribution in [3.63, 3.8) is 0 Å². The van der Waals surface area contributed by atoms with Crippen molar-refractivity contribution in [1.82, 2.24) is 10.2 Å². The van der Waals surface area contributed by atoms with Crippen LogP contribution >= 0.6 is 11.6 Å². The van der Waals surface area contributed by atoms with Gasteiger partial charge in [-0.1, -0.05) is 11.6 Å². The minimum atomic E-state index is -1.13.